The molecule has 5 unspecified atom stereocenters. The Morgan fingerprint density at radius 2 is 0.969 bits per heavy atom. The van der Waals surface area contributed by atoms with Crippen molar-refractivity contribution in [2.45, 2.75) is 57.5 Å². The minimum absolute atomic E-state index is 0.264. The molecule has 0 saturated carbocycles. The average molecular weight is 437 g/mol. The second-order valence-electron chi connectivity index (χ2n) is 7.98. The van der Waals surface area contributed by atoms with Gasteiger partial charge in [0.05, 0.1) is 25.9 Å². The zero-order valence-corrected chi connectivity index (χ0v) is 18.2. The Balaban J connectivity index is 1.50. The van der Waals surface area contributed by atoms with Crippen LogP contribution in [0.3, 0.4) is 0 Å². The fourth-order valence-corrected chi connectivity index (χ4v) is 3.85. The van der Waals surface area contributed by atoms with E-state index in [2.05, 4.69) is 0 Å². The van der Waals surface area contributed by atoms with E-state index in [0.29, 0.717) is 13.2 Å². The van der Waals surface area contributed by atoms with Crippen LogP contribution >= 0.6 is 0 Å². The first-order valence-electron chi connectivity index (χ1n) is 11.0. The first-order chi connectivity index (χ1) is 15.7. The van der Waals surface area contributed by atoms with Gasteiger partial charge in [-0.3, -0.25) is 0 Å². The largest absolute Gasteiger partial charge is 0.368 e. The molecule has 3 aromatic carbocycles. The summed E-state index contributed by atoms with van der Waals surface area (Å²) < 4.78 is 39.1. The van der Waals surface area contributed by atoms with Gasteiger partial charge >= 0.3 is 0 Å². The summed E-state index contributed by atoms with van der Waals surface area (Å²) in [6, 6.07) is 29.4. The predicted molar refractivity (Wildman–Crippen MR) is 121 cm³/mol. The number of hydrogen-bond acceptors (Lipinski definition) is 4. The van der Waals surface area contributed by atoms with Gasteiger partial charge in [0.1, 0.15) is 18.3 Å². The molecule has 0 radical (unpaired) electrons. The zero-order valence-electron chi connectivity index (χ0n) is 18.2. The summed E-state index contributed by atoms with van der Waals surface area (Å²) in [5.74, 6) is 0. The lowest BCUT2D eigenvalue weighted by atomic mass is 9.99. The Labute approximate surface area is 188 Å². The molecule has 0 spiro atoms. The number of hydrogen-bond donors (Lipinski definition) is 0. The first kappa shape index (κ1) is 22.6. The molecular formula is C27H29FO4. The van der Waals surface area contributed by atoms with E-state index < -0.39 is 30.8 Å². The van der Waals surface area contributed by atoms with Gasteiger partial charge in [0.25, 0.3) is 0 Å². The summed E-state index contributed by atoms with van der Waals surface area (Å²) in [5.41, 5.74) is 3.00. The predicted octanol–water partition coefficient (Wildman–Crippen LogP) is 5.46. The van der Waals surface area contributed by atoms with E-state index in [9.17, 15) is 0 Å². The Bertz CT molecular complexity index is 867. The van der Waals surface area contributed by atoms with Gasteiger partial charge in [0.2, 0.25) is 6.36 Å². The van der Waals surface area contributed by atoms with E-state index in [0.717, 1.165) is 16.7 Å². The lowest BCUT2D eigenvalue weighted by Crippen LogP contribution is -2.58. The third-order valence-corrected chi connectivity index (χ3v) is 5.57. The molecule has 4 nitrogen and oxygen atoms in total. The molecule has 0 aliphatic carbocycles. The molecule has 3 aromatic rings. The van der Waals surface area contributed by atoms with Gasteiger partial charge in [-0.2, -0.15) is 0 Å². The van der Waals surface area contributed by atoms with Gasteiger partial charge in [-0.1, -0.05) is 91.0 Å². The summed E-state index contributed by atoms with van der Waals surface area (Å²) in [6.07, 6.45) is -4.10. The van der Waals surface area contributed by atoms with Gasteiger partial charge in [-0.15, -0.1) is 0 Å². The van der Waals surface area contributed by atoms with E-state index in [1.807, 2.05) is 97.9 Å². The number of ether oxygens (including phenoxy) is 4. The van der Waals surface area contributed by atoms with Gasteiger partial charge in [-0.25, -0.2) is 4.39 Å². The molecule has 1 saturated heterocycles. The maximum Gasteiger partial charge on any atom is 0.228 e. The molecule has 1 aliphatic rings. The smallest absolute Gasteiger partial charge is 0.228 e. The third-order valence-electron chi connectivity index (χ3n) is 5.57. The van der Waals surface area contributed by atoms with Crippen LogP contribution in [-0.2, 0) is 38.8 Å². The average Bonchev–Trinajstić information content (AvgIpc) is 2.83. The highest BCUT2D eigenvalue weighted by molar-refractivity contribution is 5.15. The van der Waals surface area contributed by atoms with Gasteiger partial charge in [0.15, 0.2) is 0 Å². The maximum absolute atomic E-state index is 15.0. The SMILES string of the molecule is CC1OC(F)C(OCc2ccccc2)C(OCc2ccccc2)C1OCc1ccccc1. The zero-order chi connectivity index (χ0) is 22.2. The van der Waals surface area contributed by atoms with Crippen molar-refractivity contribution >= 4 is 0 Å². The molecule has 0 bridgehead atoms. The van der Waals surface area contributed by atoms with E-state index in [4.69, 9.17) is 18.9 Å². The van der Waals surface area contributed by atoms with Crippen LogP contribution < -0.4 is 0 Å². The highest BCUT2D eigenvalue weighted by Crippen LogP contribution is 2.30. The Morgan fingerprint density at radius 1 is 0.594 bits per heavy atom. The molecule has 32 heavy (non-hydrogen) atoms. The van der Waals surface area contributed by atoms with Crippen LogP contribution in [0.1, 0.15) is 23.6 Å². The highest BCUT2D eigenvalue weighted by Gasteiger charge is 2.47. The van der Waals surface area contributed by atoms with Crippen molar-refractivity contribution in [1.29, 1.82) is 0 Å². The second kappa shape index (κ2) is 11.3. The molecule has 0 N–H and O–H groups in total. The highest BCUT2D eigenvalue weighted by atomic mass is 19.1. The van der Waals surface area contributed by atoms with Crippen LogP contribution in [0.25, 0.3) is 0 Å². The van der Waals surface area contributed by atoms with Crippen molar-refractivity contribution in [3.05, 3.63) is 108 Å². The van der Waals surface area contributed by atoms with E-state index in [1.54, 1.807) is 0 Å². The van der Waals surface area contributed by atoms with Crippen molar-refractivity contribution in [2.24, 2.45) is 0 Å². The van der Waals surface area contributed by atoms with E-state index in [-0.39, 0.29) is 6.61 Å². The van der Waals surface area contributed by atoms with Crippen LogP contribution in [0.5, 0.6) is 0 Å². The van der Waals surface area contributed by atoms with Crippen molar-refractivity contribution in [3.8, 4) is 0 Å². The number of alkyl halides is 1. The Hall–Kier alpha value is -2.57. The van der Waals surface area contributed by atoms with Crippen LogP contribution in [0.2, 0.25) is 0 Å². The number of rotatable bonds is 9. The molecule has 5 atom stereocenters. The summed E-state index contributed by atoms with van der Waals surface area (Å²) >= 11 is 0. The minimum atomic E-state index is -1.61. The molecular weight excluding hydrogens is 407 g/mol. The molecule has 1 fully saturated rings. The standard InChI is InChI=1S/C27H29FO4/c1-20-24(29-17-21-11-5-2-6-12-21)25(30-18-22-13-7-3-8-14-22)26(27(28)32-20)31-19-23-15-9-4-10-16-23/h2-16,20,24-27H,17-19H2,1H3. The lowest BCUT2D eigenvalue weighted by molar-refractivity contribution is -0.288. The maximum atomic E-state index is 15.0. The van der Waals surface area contributed by atoms with Crippen molar-refractivity contribution in [3.63, 3.8) is 0 Å². The lowest BCUT2D eigenvalue weighted by Gasteiger charge is -2.42. The molecule has 1 aliphatic heterocycles. The Kier molecular flexibility index (Phi) is 8.02. The summed E-state index contributed by atoms with van der Waals surface area (Å²) in [4.78, 5) is 0. The van der Waals surface area contributed by atoms with Gasteiger partial charge in [-0.05, 0) is 23.6 Å². The number of halogens is 1. The third kappa shape index (κ3) is 6.02. The summed E-state index contributed by atoms with van der Waals surface area (Å²) in [6.45, 7) is 2.79. The van der Waals surface area contributed by atoms with E-state index in [1.165, 1.54) is 0 Å². The molecule has 4 rings (SSSR count). The van der Waals surface area contributed by atoms with Crippen LogP contribution in [0, 0.1) is 0 Å². The quantitative estimate of drug-likeness (QED) is 0.447. The molecule has 0 aromatic heterocycles. The fraction of sp³-hybridized carbons (Fsp3) is 0.333. The summed E-state index contributed by atoms with van der Waals surface area (Å²) in [5, 5.41) is 0. The van der Waals surface area contributed by atoms with Crippen LogP contribution in [0.15, 0.2) is 91.0 Å². The topological polar surface area (TPSA) is 36.9 Å². The number of benzene rings is 3. The van der Waals surface area contributed by atoms with Gasteiger partial charge < -0.3 is 18.9 Å². The normalized spacial score (nSPS) is 25.5. The van der Waals surface area contributed by atoms with Crippen molar-refractivity contribution in [2.75, 3.05) is 0 Å². The molecule has 1 heterocycles. The van der Waals surface area contributed by atoms with Crippen molar-refractivity contribution < 1.29 is 23.3 Å². The van der Waals surface area contributed by atoms with Gasteiger partial charge in [0, 0.05) is 0 Å². The molecule has 0 amide bonds. The summed E-state index contributed by atoms with van der Waals surface area (Å²) in [7, 11) is 0. The first-order valence-corrected chi connectivity index (χ1v) is 11.0. The molecule has 168 valence electrons. The van der Waals surface area contributed by atoms with E-state index >= 15 is 4.39 Å². The van der Waals surface area contributed by atoms with Crippen molar-refractivity contribution in [1.82, 2.24) is 0 Å². The second-order valence-corrected chi connectivity index (χ2v) is 7.98. The van der Waals surface area contributed by atoms with Crippen LogP contribution in [0.4, 0.5) is 4.39 Å². The minimum Gasteiger partial charge on any atom is -0.368 e. The van der Waals surface area contributed by atoms with Crippen LogP contribution in [-0.4, -0.2) is 30.8 Å². The fourth-order valence-electron chi connectivity index (χ4n) is 3.85. The monoisotopic (exact) mass is 436 g/mol. The Morgan fingerprint density at radius 3 is 1.41 bits per heavy atom. The molecule has 5 heteroatoms.